The first-order chi connectivity index (χ1) is 12.9. The monoisotopic (exact) mass is 386 g/mol. The lowest BCUT2D eigenvalue weighted by Gasteiger charge is -2.37. The molecule has 2 unspecified atom stereocenters. The number of carbonyl (C=O) groups is 3. The molecule has 7 nitrogen and oxygen atoms in total. The molecular formula is C19H19ClN4O3. The summed E-state index contributed by atoms with van der Waals surface area (Å²) in [6, 6.07) is 7.58. The van der Waals surface area contributed by atoms with Crippen LogP contribution in [-0.2, 0) is 11.8 Å². The van der Waals surface area contributed by atoms with Gasteiger partial charge in [0.1, 0.15) is 11.7 Å². The van der Waals surface area contributed by atoms with Crippen molar-refractivity contribution in [3.63, 3.8) is 0 Å². The van der Waals surface area contributed by atoms with E-state index in [0.717, 1.165) is 0 Å². The highest BCUT2D eigenvalue weighted by Gasteiger charge is 2.40. The number of fused-ring (bicyclic) bond motifs is 2. The molecule has 1 saturated heterocycles. The van der Waals surface area contributed by atoms with Gasteiger partial charge in [0.25, 0.3) is 11.8 Å². The minimum absolute atomic E-state index is 0.183. The van der Waals surface area contributed by atoms with Crippen molar-refractivity contribution in [3.8, 4) is 0 Å². The number of aryl methyl sites for hydroxylation is 1. The van der Waals surface area contributed by atoms with E-state index in [-0.39, 0.29) is 23.8 Å². The molecule has 140 valence electrons. The molecule has 27 heavy (non-hydrogen) atoms. The second-order valence-electron chi connectivity index (χ2n) is 6.89. The first kappa shape index (κ1) is 17.6. The molecule has 2 aromatic rings. The van der Waals surface area contributed by atoms with Crippen LogP contribution in [0.15, 0.2) is 36.5 Å². The summed E-state index contributed by atoms with van der Waals surface area (Å²) in [5.41, 5.74) is 1.42. The number of amides is 3. The molecule has 0 radical (unpaired) electrons. The average molecular weight is 387 g/mol. The number of rotatable bonds is 2. The Morgan fingerprint density at radius 1 is 1.30 bits per heavy atom. The zero-order valence-corrected chi connectivity index (χ0v) is 15.5. The first-order valence-corrected chi connectivity index (χ1v) is 9.15. The van der Waals surface area contributed by atoms with Gasteiger partial charge in [-0.3, -0.25) is 14.4 Å². The fraction of sp³-hybridized carbons (Fsp3) is 0.316. The number of aromatic nitrogens is 1. The number of hydrogen-bond acceptors (Lipinski definition) is 3. The average Bonchev–Trinajstić information content (AvgIpc) is 3.03. The second-order valence-corrected chi connectivity index (χ2v) is 7.33. The van der Waals surface area contributed by atoms with Crippen molar-refractivity contribution >= 4 is 35.0 Å². The number of anilines is 1. The lowest BCUT2D eigenvalue weighted by molar-refractivity contribution is -0.121. The van der Waals surface area contributed by atoms with Gasteiger partial charge in [-0.1, -0.05) is 11.6 Å². The number of halogens is 1. The Kier molecular flexibility index (Phi) is 4.39. The van der Waals surface area contributed by atoms with E-state index >= 15 is 0 Å². The van der Waals surface area contributed by atoms with Crippen LogP contribution in [0.2, 0.25) is 5.02 Å². The van der Waals surface area contributed by atoms with Crippen molar-refractivity contribution in [2.24, 2.45) is 7.05 Å². The minimum atomic E-state index is -0.629. The van der Waals surface area contributed by atoms with Crippen LogP contribution in [0.5, 0.6) is 0 Å². The van der Waals surface area contributed by atoms with E-state index in [1.165, 1.54) is 0 Å². The van der Waals surface area contributed by atoms with Crippen LogP contribution in [0, 0.1) is 0 Å². The molecule has 1 aromatic carbocycles. The fourth-order valence-corrected chi connectivity index (χ4v) is 3.89. The molecule has 3 amide bonds. The third-order valence-corrected chi connectivity index (χ3v) is 5.38. The van der Waals surface area contributed by atoms with Crippen molar-refractivity contribution in [2.75, 3.05) is 11.9 Å². The number of benzene rings is 1. The Balaban J connectivity index is 1.53. The second kappa shape index (κ2) is 6.74. The maximum atomic E-state index is 12.9. The van der Waals surface area contributed by atoms with Gasteiger partial charge in [0.2, 0.25) is 5.91 Å². The van der Waals surface area contributed by atoms with E-state index in [9.17, 15) is 14.4 Å². The maximum Gasteiger partial charge on any atom is 0.268 e. The van der Waals surface area contributed by atoms with E-state index in [1.54, 1.807) is 53.0 Å². The predicted octanol–water partition coefficient (Wildman–Crippen LogP) is 2.03. The summed E-state index contributed by atoms with van der Waals surface area (Å²) in [6.45, 7) is 0.400. The molecule has 1 aromatic heterocycles. The molecule has 2 N–H and O–H groups in total. The number of carbonyl (C=O) groups excluding carboxylic acids is 3. The molecule has 2 atom stereocenters. The van der Waals surface area contributed by atoms with E-state index in [2.05, 4.69) is 10.6 Å². The normalized spacial score (nSPS) is 21.8. The molecule has 4 rings (SSSR count). The van der Waals surface area contributed by atoms with E-state index in [1.807, 2.05) is 0 Å². The van der Waals surface area contributed by atoms with Gasteiger partial charge in [-0.2, -0.15) is 0 Å². The summed E-state index contributed by atoms with van der Waals surface area (Å²) in [4.78, 5) is 39.6. The van der Waals surface area contributed by atoms with Crippen molar-refractivity contribution in [1.82, 2.24) is 14.8 Å². The van der Waals surface area contributed by atoms with Crippen molar-refractivity contribution < 1.29 is 14.4 Å². The lowest BCUT2D eigenvalue weighted by Crippen LogP contribution is -2.55. The maximum absolute atomic E-state index is 12.9. The van der Waals surface area contributed by atoms with Crippen LogP contribution in [-0.4, -0.2) is 45.8 Å². The molecular weight excluding hydrogens is 368 g/mol. The zero-order valence-electron chi connectivity index (χ0n) is 14.7. The summed E-state index contributed by atoms with van der Waals surface area (Å²) in [6.07, 6.45) is 2.77. The smallest absolute Gasteiger partial charge is 0.268 e. The number of nitrogens with one attached hydrogen (secondary N) is 2. The highest BCUT2D eigenvalue weighted by molar-refractivity contribution is 6.31. The number of hydrogen-bond donors (Lipinski definition) is 2. The number of nitrogens with zero attached hydrogens (tertiary/aromatic N) is 2. The third-order valence-electron chi connectivity index (χ3n) is 5.15. The highest BCUT2D eigenvalue weighted by atomic mass is 35.5. The van der Waals surface area contributed by atoms with Crippen molar-refractivity contribution in [3.05, 3.63) is 52.8 Å². The van der Waals surface area contributed by atoms with Gasteiger partial charge < -0.3 is 20.1 Å². The SMILES string of the molecule is Cn1cccc1C(=O)NC1CCN2C(=O)c3ccc(Cl)cc3NC(=O)C2C1. The van der Waals surface area contributed by atoms with Gasteiger partial charge in [0.05, 0.1) is 11.3 Å². The van der Waals surface area contributed by atoms with E-state index in [0.29, 0.717) is 41.4 Å². The molecule has 2 aliphatic rings. The summed E-state index contributed by atoms with van der Waals surface area (Å²) >= 11 is 5.99. The molecule has 0 saturated carbocycles. The van der Waals surface area contributed by atoms with Crippen molar-refractivity contribution in [1.29, 1.82) is 0 Å². The van der Waals surface area contributed by atoms with Crippen LogP contribution in [0.1, 0.15) is 33.7 Å². The Labute approximate surface area is 161 Å². The zero-order chi connectivity index (χ0) is 19.1. The Morgan fingerprint density at radius 2 is 2.11 bits per heavy atom. The van der Waals surface area contributed by atoms with Crippen LogP contribution >= 0.6 is 11.6 Å². The van der Waals surface area contributed by atoms with Gasteiger partial charge in [-0.25, -0.2) is 0 Å². The standard InChI is InChI=1S/C19H19ClN4O3/c1-23-7-2-3-15(23)17(25)21-12-6-8-24-16(10-12)18(26)22-14-9-11(20)4-5-13(14)19(24)27/h2-5,7,9,12,16H,6,8,10H2,1H3,(H,21,25)(H,22,26). The fourth-order valence-electron chi connectivity index (χ4n) is 3.72. The molecule has 0 aliphatic carbocycles. The van der Waals surface area contributed by atoms with Gasteiger partial charge in [0.15, 0.2) is 0 Å². The van der Waals surface area contributed by atoms with E-state index < -0.39 is 6.04 Å². The molecule has 0 bridgehead atoms. The molecule has 2 aliphatic heterocycles. The van der Waals surface area contributed by atoms with Crippen LogP contribution < -0.4 is 10.6 Å². The minimum Gasteiger partial charge on any atom is -0.348 e. The summed E-state index contributed by atoms with van der Waals surface area (Å²) < 4.78 is 1.74. The van der Waals surface area contributed by atoms with Crippen LogP contribution in [0.3, 0.4) is 0 Å². The largest absolute Gasteiger partial charge is 0.348 e. The van der Waals surface area contributed by atoms with E-state index in [4.69, 9.17) is 11.6 Å². The highest BCUT2D eigenvalue weighted by Crippen LogP contribution is 2.30. The Bertz CT molecular complexity index is 939. The third kappa shape index (κ3) is 3.19. The summed E-state index contributed by atoms with van der Waals surface area (Å²) in [7, 11) is 1.80. The molecule has 0 spiro atoms. The molecule has 1 fully saturated rings. The van der Waals surface area contributed by atoms with Crippen LogP contribution in [0.25, 0.3) is 0 Å². The van der Waals surface area contributed by atoms with Gasteiger partial charge in [-0.05, 0) is 43.2 Å². The summed E-state index contributed by atoms with van der Waals surface area (Å²) in [5, 5.41) is 6.24. The Morgan fingerprint density at radius 3 is 2.85 bits per heavy atom. The molecule has 3 heterocycles. The first-order valence-electron chi connectivity index (χ1n) is 8.77. The van der Waals surface area contributed by atoms with Gasteiger partial charge in [-0.15, -0.1) is 0 Å². The summed E-state index contributed by atoms with van der Waals surface area (Å²) in [5.74, 6) is -0.643. The van der Waals surface area contributed by atoms with Gasteiger partial charge >= 0.3 is 0 Å². The topological polar surface area (TPSA) is 83.4 Å². The molecule has 8 heteroatoms. The Hall–Kier alpha value is -2.80. The predicted molar refractivity (Wildman–Crippen MR) is 101 cm³/mol. The lowest BCUT2D eigenvalue weighted by atomic mass is 9.96. The van der Waals surface area contributed by atoms with Gasteiger partial charge in [0, 0.05) is 30.9 Å². The quantitative estimate of drug-likeness (QED) is 0.828. The van der Waals surface area contributed by atoms with Crippen molar-refractivity contribution in [2.45, 2.75) is 24.9 Å². The number of piperidine rings is 1. The van der Waals surface area contributed by atoms with Crippen LogP contribution in [0.4, 0.5) is 5.69 Å².